The lowest BCUT2D eigenvalue weighted by atomic mass is 9.98. The minimum atomic E-state index is -0.401. The first-order valence-electron chi connectivity index (χ1n) is 6.56. The number of halogens is 3. The minimum absolute atomic E-state index is 0. The van der Waals surface area contributed by atoms with Gasteiger partial charge in [0.25, 0.3) is 5.91 Å². The van der Waals surface area contributed by atoms with Gasteiger partial charge in [0.05, 0.1) is 4.47 Å². The minimum Gasteiger partial charge on any atom is -0.338 e. The molecule has 110 valence electrons. The van der Waals surface area contributed by atoms with Crippen molar-refractivity contribution in [2.45, 2.75) is 18.9 Å². The van der Waals surface area contributed by atoms with Gasteiger partial charge in [-0.15, -0.1) is 12.4 Å². The van der Waals surface area contributed by atoms with Gasteiger partial charge in [-0.25, -0.2) is 4.39 Å². The molecule has 1 aliphatic heterocycles. The van der Waals surface area contributed by atoms with Crippen LogP contribution >= 0.6 is 28.3 Å². The second-order valence-electron chi connectivity index (χ2n) is 5.50. The molecule has 20 heavy (non-hydrogen) atoms. The Hall–Kier alpha value is -0.650. The van der Waals surface area contributed by atoms with Gasteiger partial charge in [0.2, 0.25) is 0 Å². The van der Waals surface area contributed by atoms with Crippen molar-refractivity contribution in [3.8, 4) is 0 Å². The maximum atomic E-state index is 13.5. The van der Waals surface area contributed by atoms with Crippen LogP contribution < -0.4 is 5.73 Å². The number of fused-ring (bicyclic) bond motifs is 1. The molecule has 0 radical (unpaired) electrons. The van der Waals surface area contributed by atoms with Crippen LogP contribution in [-0.4, -0.2) is 29.9 Å². The van der Waals surface area contributed by atoms with E-state index in [2.05, 4.69) is 15.9 Å². The zero-order chi connectivity index (χ0) is 13.6. The van der Waals surface area contributed by atoms with Gasteiger partial charge in [0.1, 0.15) is 5.82 Å². The van der Waals surface area contributed by atoms with Crippen molar-refractivity contribution in [1.29, 1.82) is 0 Å². The summed E-state index contributed by atoms with van der Waals surface area (Å²) in [5.74, 6) is 0.457. The van der Waals surface area contributed by atoms with Crippen molar-refractivity contribution in [2.75, 3.05) is 13.1 Å². The van der Waals surface area contributed by atoms with E-state index < -0.39 is 5.82 Å². The van der Waals surface area contributed by atoms with Crippen molar-refractivity contribution in [3.05, 3.63) is 34.1 Å². The molecule has 6 heteroatoms. The Morgan fingerprint density at radius 3 is 2.75 bits per heavy atom. The molecule has 2 aliphatic rings. The van der Waals surface area contributed by atoms with Gasteiger partial charge < -0.3 is 10.6 Å². The Labute approximate surface area is 132 Å². The standard InChI is InChI=1S/C14H16BrFN2O.ClH/c15-11-3-1-8(5-12(11)16)14(19)18-6-9-2-4-13(17)10(9)7-18;/h1,3,5,9-10,13H,2,4,6-7,17H2;1H. The Kier molecular flexibility index (Phi) is 4.72. The monoisotopic (exact) mass is 362 g/mol. The first kappa shape index (κ1) is 15.7. The Morgan fingerprint density at radius 1 is 1.35 bits per heavy atom. The molecule has 1 aromatic carbocycles. The number of hydrogen-bond acceptors (Lipinski definition) is 2. The lowest BCUT2D eigenvalue weighted by Gasteiger charge is -2.19. The molecule has 1 aromatic rings. The topological polar surface area (TPSA) is 46.3 Å². The highest BCUT2D eigenvalue weighted by molar-refractivity contribution is 9.10. The molecule has 2 N–H and O–H groups in total. The highest BCUT2D eigenvalue weighted by atomic mass is 79.9. The highest BCUT2D eigenvalue weighted by Gasteiger charge is 2.42. The van der Waals surface area contributed by atoms with E-state index in [1.165, 1.54) is 6.07 Å². The summed E-state index contributed by atoms with van der Waals surface area (Å²) in [4.78, 5) is 14.2. The van der Waals surface area contributed by atoms with Crippen molar-refractivity contribution in [1.82, 2.24) is 4.90 Å². The fourth-order valence-electron chi connectivity index (χ4n) is 3.29. The zero-order valence-electron chi connectivity index (χ0n) is 10.9. The van der Waals surface area contributed by atoms with Gasteiger partial charge in [-0.1, -0.05) is 0 Å². The molecule has 1 saturated heterocycles. The summed E-state index contributed by atoms with van der Waals surface area (Å²) in [7, 11) is 0. The van der Waals surface area contributed by atoms with Crippen molar-refractivity contribution in [3.63, 3.8) is 0 Å². The van der Waals surface area contributed by atoms with Crippen LogP contribution in [0.15, 0.2) is 22.7 Å². The first-order valence-corrected chi connectivity index (χ1v) is 7.35. The summed E-state index contributed by atoms with van der Waals surface area (Å²) in [6, 6.07) is 4.74. The first-order chi connectivity index (χ1) is 9.06. The van der Waals surface area contributed by atoms with Gasteiger partial charge in [-0.2, -0.15) is 0 Å². The highest BCUT2D eigenvalue weighted by Crippen LogP contribution is 2.37. The molecule has 1 amide bonds. The molecule has 0 spiro atoms. The van der Waals surface area contributed by atoms with Crippen LogP contribution in [0.4, 0.5) is 4.39 Å². The number of hydrogen-bond donors (Lipinski definition) is 1. The quantitative estimate of drug-likeness (QED) is 0.834. The second-order valence-corrected chi connectivity index (χ2v) is 6.36. The number of benzene rings is 1. The second kappa shape index (κ2) is 6.00. The SMILES string of the molecule is Cl.NC1CCC2CN(C(=O)c3ccc(Br)c(F)c3)CC12. The van der Waals surface area contributed by atoms with Crippen LogP contribution in [0.5, 0.6) is 0 Å². The van der Waals surface area contributed by atoms with Crippen molar-refractivity contribution in [2.24, 2.45) is 17.6 Å². The van der Waals surface area contributed by atoms with Gasteiger partial charge in [-0.3, -0.25) is 4.79 Å². The lowest BCUT2D eigenvalue weighted by Crippen LogP contribution is -2.33. The van der Waals surface area contributed by atoms with Crippen molar-refractivity contribution < 1.29 is 9.18 Å². The fraction of sp³-hybridized carbons (Fsp3) is 0.500. The van der Waals surface area contributed by atoms with Crippen LogP contribution in [0.3, 0.4) is 0 Å². The van der Waals surface area contributed by atoms with E-state index in [0.29, 0.717) is 28.4 Å². The average molecular weight is 364 g/mol. The molecule has 3 atom stereocenters. The maximum Gasteiger partial charge on any atom is 0.253 e. The number of nitrogens with two attached hydrogens (primary N) is 1. The largest absolute Gasteiger partial charge is 0.338 e. The van der Waals surface area contributed by atoms with Crippen LogP contribution in [0, 0.1) is 17.7 Å². The van der Waals surface area contributed by atoms with Crippen LogP contribution in [0.1, 0.15) is 23.2 Å². The number of carbonyl (C=O) groups excluding carboxylic acids is 1. The van der Waals surface area contributed by atoms with E-state index >= 15 is 0 Å². The Bertz CT molecular complexity index is 528. The summed E-state index contributed by atoms with van der Waals surface area (Å²) < 4.78 is 13.9. The van der Waals surface area contributed by atoms with Crippen LogP contribution in [-0.2, 0) is 0 Å². The molecule has 3 rings (SSSR count). The number of nitrogens with zero attached hydrogens (tertiary/aromatic N) is 1. The zero-order valence-corrected chi connectivity index (χ0v) is 13.3. The fourth-order valence-corrected chi connectivity index (χ4v) is 3.53. The predicted octanol–water partition coefficient (Wildman–Crippen LogP) is 2.82. The summed E-state index contributed by atoms with van der Waals surface area (Å²) in [5.41, 5.74) is 6.47. The maximum absolute atomic E-state index is 13.5. The number of carbonyl (C=O) groups is 1. The summed E-state index contributed by atoms with van der Waals surface area (Å²) in [6.07, 6.45) is 2.16. The molecule has 1 heterocycles. The number of rotatable bonds is 1. The van der Waals surface area contributed by atoms with E-state index in [9.17, 15) is 9.18 Å². The summed E-state index contributed by atoms with van der Waals surface area (Å²) in [6.45, 7) is 1.47. The molecule has 3 unspecified atom stereocenters. The Balaban J connectivity index is 0.00000147. The van der Waals surface area contributed by atoms with E-state index in [0.717, 1.165) is 19.4 Å². The molecule has 1 aliphatic carbocycles. The van der Waals surface area contributed by atoms with Crippen LogP contribution in [0.25, 0.3) is 0 Å². The molecular weight excluding hydrogens is 347 g/mol. The summed E-state index contributed by atoms with van der Waals surface area (Å²) in [5, 5.41) is 0. The molecule has 1 saturated carbocycles. The summed E-state index contributed by atoms with van der Waals surface area (Å²) >= 11 is 3.09. The average Bonchev–Trinajstić information content (AvgIpc) is 2.95. The lowest BCUT2D eigenvalue weighted by molar-refractivity contribution is 0.0779. The molecular formula is C14H17BrClFN2O. The third-order valence-corrected chi connectivity index (χ3v) is 5.01. The van der Waals surface area contributed by atoms with Gasteiger partial charge >= 0.3 is 0 Å². The third-order valence-electron chi connectivity index (χ3n) is 4.37. The molecule has 3 nitrogen and oxygen atoms in total. The predicted molar refractivity (Wildman–Crippen MR) is 81.4 cm³/mol. The number of likely N-dealkylation sites (tertiary alicyclic amines) is 1. The van der Waals surface area contributed by atoms with Crippen LogP contribution in [0.2, 0.25) is 0 Å². The van der Waals surface area contributed by atoms with Gasteiger partial charge in [-0.05, 0) is 58.8 Å². The van der Waals surface area contributed by atoms with E-state index in [4.69, 9.17) is 5.73 Å². The van der Waals surface area contributed by atoms with E-state index in [-0.39, 0.29) is 24.4 Å². The third kappa shape index (κ3) is 2.71. The normalized spacial score (nSPS) is 28.1. The number of amides is 1. The van der Waals surface area contributed by atoms with Crippen molar-refractivity contribution >= 4 is 34.2 Å². The molecule has 0 aromatic heterocycles. The van der Waals surface area contributed by atoms with E-state index in [1.807, 2.05) is 4.90 Å². The smallest absolute Gasteiger partial charge is 0.253 e. The van der Waals surface area contributed by atoms with Gasteiger partial charge in [0, 0.05) is 24.7 Å². The Morgan fingerprint density at radius 2 is 2.10 bits per heavy atom. The van der Waals surface area contributed by atoms with E-state index in [1.54, 1.807) is 12.1 Å². The van der Waals surface area contributed by atoms with Gasteiger partial charge in [0.15, 0.2) is 0 Å². The molecule has 0 bridgehead atoms. The molecule has 2 fully saturated rings.